The first kappa shape index (κ1) is 18.4. The second-order valence-corrected chi connectivity index (χ2v) is 8.68. The highest BCUT2D eigenvalue weighted by Crippen LogP contribution is 2.35. The van der Waals surface area contributed by atoms with E-state index in [0.717, 1.165) is 32.2 Å². The largest absolute Gasteiger partial charge is 0.458 e. The maximum absolute atomic E-state index is 12.1. The van der Waals surface area contributed by atoms with Gasteiger partial charge in [0.25, 0.3) is 0 Å². The molecule has 1 aromatic heterocycles. The summed E-state index contributed by atoms with van der Waals surface area (Å²) in [7, 11) is 4.17. The number of esters is 1. The number of thiophene rings is 1. The third kappa shape index (κ3) is 5.06. The lowest BCUT2D eigenvalue weighted by Gasteiger charge is -2.28. The molecule has 5 heteroatoms. The van der Waals surface area contributed by atoms with Gasteiger partial charge < -0.3 is 9.64 Å². The second kappa shape index (κ2) is 8.35. The van der Waals surface area contributed by atoms with Crippen molar-refractivity contribution in [1.82, 2.24) is 4.90 Å². The minimum Gasteiger partial charge on any atom is -0.458 e. The monoisotopic (exact) mass is 377 g/mol. The number of carbonyl (C=O) groups excluding carboxylic acids is 1. The first-order valence-corrected chi connectivity index (χ1v) is 9.90. The Kier molecular flexibility index (Phi) is 6.15. The quantitative estimate of drug-likeness (QED) is 0.658. The van der Waals surface area contributed by atoms with Gasteiger partial charge in [-0.05, 0) is 69.0 Å². The lowest BCUT2D eigenvalue weighted by molar-refractivity contribution is 0.0201. The Balaban J connectivity index is 1.50. The fraction of sp³-hybridized carbons (Fsp3) is 0.450. The zero-order valence-corrected chi connectivity index (χ0v) is 16.3. The Labute approximate surface area is 158 Å². The molecule has 25 heavy (non-hydrogen) atoms. The summed E-state index contributed by atoms with van der Waals surface area (Å²) in [6.45, 7) is 0.968. The van der Waals surface area contributed by atoms with E-state index in [1.165, 1.54) is 22.5 Å². The highest BCUT2D eigenvalue weighted by molar-refractivity contribution is 7.17. The molecule has 134 valence electrons. The van der Waals surface area contributed by atoms with Crippen molar-refractivity contribution in [2.45, 2.75) is 44.2 Å². The SMILES string of the molecule is CN(C)Cc1ccc(C2CCC(OC(=O)c3ccc(Cl)s3)CC2)cc1. The van der Waals surface area contributed by atoms with Crippen LogP contribution in [0.3, 0.4) is 0 Å². The van der Waals surface area contributed by atoms with E-state index in [-0.39, 0.29) is 12.1 Å². The molecule has 1 aromatic carbocycles. The molecule has 0 aliphatic heterocycles. The zero-order valence-electron chi connectivity index (χ0n) is 14.7. The molecular weight excluding hydrogens is 354 g/mol. The average molecular weight is 378 g/mol. The standard InChI is InChI=1S/C20H24ClNO2S/c1-22(2)13-14-3-5-15(6-4-14)16-7-9-17(10-8-16)24-20(23)18-11-12-19(21)25-18/h3-6,11-12,16-17H,7-10,13H2,1-2H3. The summed E-state index contributed by atoms with van der Waals surface area (Å²) in [5.74, 6) is 0.327. The first-order chi connectivity index (χ1) is 12.0. The van der Waals surface area contributed by atoms with Crippen LogP contribution < -0.4 is 0 Å². The minimum absolute atomic E-state index is 0.0256. The van der Waals surface area contributed by atoms with Gasteiger partial charge in [0.1, 0.15) is 11.0 Å². The van der Waals surface area contributed by atoms with Gasteiger partial charge in [0.05, 0.1) is 4.34 Å². The molecule has 0 saturated heterocycles. The van der Waals surface area contributed by atoms with Crippen LogP contribution in [0.5, 0.6) is 0 Å². The average Bonchev–Trinajstić information content (AvgIpc) is 3.02. The molecular formula is C20H24ClNO2S. The number of carbonyl (C=O) groups is 1. The minimum atomic E-state index is -0.242. The van der Waals surface area contributed by atoms with Crippen LogP contribution in [0.15, 0.2) is 36.4 Å². The fourth-order valence-corrected chi connectivity index (χ4v) is 4.33. The van der Waals surface area contributed by atoms with Gasteiger partial charge in [-0.1, -0.05) is 35.9 Å². The van der Waals surface area contributed by atoms with Crippen molar-refractivity contribution in [2.75, 3.05) is 14.1 Å². The molecule has 0 unspecified atom stereocenters. The molecule has 1 heterocycles. The van der Waals surface area contributed by atoms with E-state index < -0.39 is 0 Å². The summed E-state index contributed by atoms with van der Waals surface area (Å²) < 4.78 is 6.26. The number of rotatable bonds is 5. The lowest BCUT2D eigenvalue weighted by atomic mass is 9.82. The number of nitrogens with zero attached hydrogens (tertiary/aromatic N) is 1. The molecule has 3 rings (SSSR count). The predicted octanol–water partition coefficient (Wildman–Crippen LogP) is 5.35. The molecule has 1 aliphatic rings. The smallest absolute Gasteiger partial charge is 0.348 e. The summed E-state index contributed by atoms with van der Waals surface area (Å²) in [5, 5.41) is 0. The Morgan fingerprint density at radius 3 is 2.36 bits per heavy atom. The molecule has 0 atom stereocenters. The summed E-state index contributed by atoms with van der Waals surface area (Å²) in [6, 6.07) is 12.4. The Morgan fingerprint density at radius 1 is 1.12 bits per heavy atom. The second-order valence-electron chi connectivity index (χ2n) is 6.96. The highest BCUT2D eigenvalue weighted by Gasteiger charge is 2.25. The van der Waals surface area contributed by atoms with E-state index in [1.807, 2.05) is 0 Å². The van der Waals surface area contributed by atoms with Crippen molar-refractivity contribution in [3.63, 3.8) is 0 Å². The molecule has 0 spiro atoms. The van der Waals surface area contributed by atoms with Gasteiger partial charge in [-0.3, -0.25) is 0 Å². The summed E-state index contributed by atoms with van der Waals surface area (Å²) in [6.07, 6.45) is 4.01. The maximum atomic E-state index is 12.1. The van der Waals surface area contributed by atoms with Crippen molar-refractivity contribution in [3.8, 4) is 0 Å². The molecule has 2 aromatic rings. The molecule has 0 N–H and O–H groups in total. The van der Waals surface area contributed by atoms with Gasteiger partial charge in [-0.2, -0.15) is 0 Å². The number of ether oxygens (including phenoxy) is 1. The summed E-state index contributed by atoms with van der Waals surface area (Å²) in [5.41, 5.74) is 2.74. The van der Waals surface area contributed by atoms with Crippen LogP contribution in [0, 0.1) is 0 Å². The molecule has 0 amide bonds. The van der Waals surface area contributed by atoms with Gasteiger partial charge >= 0.3 is 5.97 Å². The van der Waals surface area contributed by atoms with Gasteiger partial charge in [-0.15, -0.1) is 11.3 Å². The van der Waals surface area contributed by atoms with Crippen molar-refractivity contribution in [2.24, 2.45) is 0 Å². The third-order valence-electron chi connectivity index (χ3n) is 4.67. The van der Waals surface area contributed by atoms with Crippen LogP contribution >= 0.6 is 22.9 Å². The van der Waals surface area contributed by atoms with Crippen molar-refractivity contribution >= 4 is 28.9 Å². The fourth-order valence-electron chi connectivity index (χ4n) is 3.41. The third-order valence-corrected chi connectivity index (χ3v) is 5.88. The van der Waals surface area contributed by atoms with Gasteiger partial charge in [0.2, 0.25) is 0 Å². The van der Waals surface area contributed by atoms with Gasteiger partial charge in [0, 0.05) is 6.54 Å². The highest BCUT2D eigenvalue weighted by atomic mass is 35.5. The van der Waals surface area contributed by atoms with Crippen LogP contribution in [0.4, 0.5) is 0 Å². The van der Waals surface area contributed by atoms with Crippen LogP contribution in [-0.2, 0) is 11.3 Å². The van der Waals surface area contributed by atoms with Crippen molar-refractivity contribution in [1.29, 1.82) is 0 Å². The van der Waals surface area contributed by atoms with Crippen LogP contribution in [0.1, 0.15) is 52.4 Å². The summed E-state index contributed by atoms with van der Waals surface area (Å²) in [4.78, 5) is 14.9. The molecule has 1 fully saturated rings. The normalized spacial score (nSPS) is 20.6. The van der Waals surface area contributed by atoms with E-state index in [9.17, 15) is 4.79 Å². The van der Waals surface area contributed by atoms with Crippen molar-refractivity contribution < 1.29 is 9.53 Å². The van der Waals surface area contributed by atoms with E-state index in [0.29, 0.717) is 15.1 Å². The van der Waals surface area contributed by atoms with Crippen LogP contribution in [-0.4, -0.2) is 31.1 Å². The zero-order chi connectivity index (χ0) is 17.8. The van der Waals surface area contributed by atoms with E-state index in [4.69, 9.17) is 16.3 Å². The lowest BCUT2D eigenvalue weighted by Crippen LogP contribution is -2.23. The molecule has 1 aliphatic carbocycles. The molecule has 1 saturated carbocycles. The van der Waals surface area contributed by atoms with Gasteiger partial charge in [0.15, 0.2) is 0 Å². The molecule has 3 nitrogen and oxygen atoms in total. The van der Waals surface area contributed by atoms with E-state index >= 15 is 0 Å². The van der Waals surface area contributed by atoms with Crippen LogP contribution in [0.25, 0.3) is 0 Å². The number of hydrogen-bond acceptors (Lipinski definition) is 4. The van der Waals surface area contributed by atoms with Gasteiger partial charge in [-0.25, -0.2) is 4.79 Å². The Hall–Kier alpha value is -1.36. The topological polar surface area (TPSA) is 29.5 Å². The summed E-state index contributed by atoms with van der Waals surface area (Å²) >= 11 is 7.16. The molecule has 0 bridgehead atoms. The number of halogens is 1. The number of hydrogen-bond donors (Lipinski definition) is 0. The Bertz CT molecular complexity index is 703. The predicted molar refractivity (Wildman–Crippen MR) is 104 cm³/mol. The maximum Gasteiger partial charge on any atom is 0.348 e. The molecule has 0 radical (unpaired) electrons. The number of benzene rings is 1. The first-order valence-electron chi connectivity index (χ1n) is 8.71. The van der Waals surface area contributed by atoms with Crippen molar-refractivity contribution in [3.05, 3.63) is 56.7 Å². The van der Waals surface area contributed by atoms with E-state index in [2.05, 4.69) is 43.3 Å². The van der Waals surface area contributed by atoms with Crippen LogP contribution in [0.2, 0.25) is 4.34 Å². The van der Waals surface area contributed by atoms with E-state index in [1.54, 1.807) is 12.1 Å². The Morgan fingerprint density at radius 2 is 1.80 bits per heavy atom.